The summed E-state index contributed by atoms with van der Waals surface area (Å²) in [5.41, 5.74) is 1.11. The maximum atomic E-state index is 12.9. The molecule has 2 fully saturated rings. The summed E-state index contributed by atoms with van der Waals surface area (Å²) in [7, 11) is 0. The van der Waals surface area contributed by atoms with E-state index in [1.54, 1.807) is 18.2 Å². The highest BCUT2D eigenvalue weighted by Gasteiger charge is 2.42. The lowest BCUT2D eigenvalue weighted by Gasteiger charge is -2.19. The van der Waals surface area contributed by atoms with E-state index in [2.05, 4.69) is 36.9 Å². The Hall–Kier alpha value is -3.36. The van der Waals surface area contributed by atoms with Crippen molar-refractivity contribution in [1.82, 2.24) is 20.9 Å². The number of pyridine rings is 1. The first-order valence-electron chi connectivity index (χ1n) is 12.4. The van der Waals surface area contributed by atoms with Crippen molar-refractivity contribution < 1.29 is 19.1 Å². The lowest BCUT2D eigenvalue weighted by molar-refractivity contribution is -0.145. The molecule has 11 heteroatoms. The molecule has 0 spiro atoms. The van der Waals surface area contributed by atoms with Crippen LogP contribution in [0.15, 0.2) is 58.7 Å². The van der Waals surface area contributed by atoms with E-state index >= 15 is 0 Å². The molecule has 0 radical (unpaired) electrons. The average molecular weight is 599 g/mol. The normalized spacial score (nSPS) is 21.0. The monoisotopic (exact) mass is 597 g/mol. The summed E-state index contributed by atoms with van der Waals surface area (Å²) in [6, 6.07) is 15.9. The van der Waals surface area contributed by atoms with Gasteiger partial charge < -0.3 is 20.7 Å². The number of esters is 1. The molecule has 3 N–H and O–H groups in total. The van der Waals surface area contributed by atoms with Gasteiger partial charge in [-0.1, -0.05) is 42.8 Å². The molecule has 0 aliphatic carbocycles. The number of carbonyl (C=O) groups is 3. The predicted molar refractivity (Wildman–Crippen MR) is 148 cm³/mol. The highest BCUT2D eigenvalue weighted by Crippen LogP contribution is 2.33. The van der Waals surface area contributed by atoms with Crippen LogP contribution in [0, 0.1) is 11.3 Å². The van der Waals surface area contributed by atoms with Crippen molar-refractivity contribution in [3.05, 3.63) is 70.0 Å². The molecule has 4 atom stereocenters. The number of carbonyl (C=O) groups excluding carboxylic acids is 3. The van der Waals surface area contributed by atoms with Gasteiger partial charge in [0.2, 0.25) is 0 Å². The second kappa shape index (κ2) is 13.4. The number of unbranched alkanes of at least 4 members (excludes halogenated alkanes) is 1. The minimum atomic E-state index is -0.620. The van der Waals surface area contributed by atoms with Gasteiger partial charge in [-0.15, -0.1) is 0 Å². The maximum Gasteiger partial charge on any atom is 0.315 e. The van der Waals surface area contributed by atoms with Crippen LogP contribution >= 0.6 is 27.7 Å². The molecule has 2 aliphatic rings. The first-order chi connectivity index (χ1) is 18.4. The van der Waals surface area contributed by atoms with Crippen molar-refractivity contribution in [3.63, 3.8) is 0 Å². The van der Waals surface area contributed by atoms with Gasteiger partial charge in [0, 0.05) is 17.4 Å². The topological polar surface area (TPSA) is 133 Å². The number of aromatic nitrogens is 1. The van der Waals surface area contributed by atoms with E-state index < -0.39 is 11.9 Å². The van der Waals surface area contributed by atoms with Crippen LogP contribution in [0.25, 0.3) is 6.08 Å². The third-order valence-corrected chi connectivity index (χ3v) is 8.32. The Labute approximate surface area is 233 Å². The van der Waals surface area contributed by atoms with Crippen molar-refractivity contribution in [3.8, 4) is 6.07 Å². The first kappa shape index (κ1) is 27.7. The predicted octanol–water partition coefficient (Wildman–Crippen LogP) is 3.88. The fraction of sp³-hybridized carbons (Fsp3) is 0.370. The number of amides is 3. The molecule has 1 unspecified atom stereocenters. The molecule has 0 bridgehead atoms. The van der Waals surface area contributed by atoms with E-state index in [4.69, 9.17) is 4.74 Å². The lowest BCUT2D eigenvalue weighted by Crippen LogP contribution is -2.36. The van der Waals surface area contributed by atoms with Gasteiger partial charge >= 0.3 is 12.0 Å². The maximum absolute atomic E-state index is 12.9. The van der Waals surface area contributed by atoms with E-state index in [0.717, 1.165) is 24.2 Å². The summed E-state index contributed by atoms with van der Waals surface area (Å²) in [5.74, 6) is -0.0208. The van der Waals surface area contributed by atoms with Gasteiger partial charge in [-0.2, -0.15) is 17.0 Å². The molecule has 38 heavy (non-hydrogen) atoms. The number of hydrogen-bond donors (Lipinski definition) is 3. The molecule has 1 aromatic carbocycles. The van der Waals surface area contributed by atoms with Crippen molar-refractivity contribution in [2.45, 2.75) is 49.1 Å². The third-order valence-electron chi connectivity index (χ3n) is 6.37. The zero-order chi connectivity index (χ0) is 26.9. The molecular weight excluding hydrogens is 570 g/mol. The Morgan fingerprint density at radius 2 is 2.03 bits per heavy atom. The number of urea groups is 1. The Morgan fingerprint density at radius 3 is 2.79 bits per heavy atom. The van der Waals surface area contributed by atoms with Gasteiger partial charge in [0.25, 0.3) is 5.91 Å². The molecular formula is C27H28BrN5O4S. The van der Waals surface area contributed by atoms with Crippen LogP contribution in [0.4, 0.5) is 4.79 Å². The summed E-state index contributed by atoms with van der Waals surface area (Å²) >= 11 is 5.13. The van der Waals surface area contributed by atoms with Crippen LogP contribution < -0.4 is 16.0 Å². The number of halogens is 1. The van der Waals surface area contributed by atoms with Gasteiger partial charge in [0.1, 0.15) is 22.9 Å². The molecule has 9 nitrogen and oxygen atoms in total. The molecule has 0 saturated carbocycles. The van der Waals surface area contributed by atoms with E-state index in [9.17, 15) is 19.6 Å². The summed E-state index contributed by atoms with van der Waals surface area (Å²) < 4.78 is 6.10. The Bertz CT molecular complexity index is 1240. The number of rotatable bonds is 11. The van der Waals surface area contributed by atoms with E-state index in [-0.39, 0.29) is 42.7 Å². The summed E-state index contributed by atoms with van der Waals surface area (Å²) in [6.07, 6.45) is 4.12. The van der Waals surface area contributed by atoms with Crippen LogP contribution in [-0.2, 0) is 14.3 Å². The minimum Gasteiger partial charge on any atom is -0.463 e. The smallest absolute Gasteiger partial charge is 0.315 e. The number of nitriles is 1. The van der Waals surface area contributed by atoms with Crippen molar-refractivity contribution in [2.24, 2.45) is 0 Å². The molecule has 2 saturated heterocycles. The summed E-state index contributed by atoms with van der Waals surface area (Å²) in [6.45, 7) is -0.0532. The first-order valence-corrected chi connectivity index (χ1v) is 14.2. The number of ether oxygens (including phenoxy) is 1. The number of hydrogen-bond acceptors (Lipinski definition) is 7. The lowest BCUT2D eigenvalue weighted by atomic mass is 10.0. The van der Waals surface area contributed by atoms with Crippen molar-refractivity contribution >= 4 is 51.7 Å². The minimum absolute atomic E-state index is 0.0532. The summed E-state index contributed by atoms with van der Waals surface area (Å²) in [4.78, 5) is 41.1. The zero-order valence-corrected chi connectivity index (χ0v) is 23.0. The molecule has 2 aliphatic heterocycles. The Kier molecular flexibility index (Phi) is 9.79. The van der Waals surface area contributed by atoms with Gasteiger partial charge in [-0.3, -0.25) is 9.59 Å². The quantitative estimate of drug-likeness (QED) is 0.0893. The van der Waals surface area contributed by atoms with E-state index in [0.29, 0.717) is 22.0 Å². The van der Waals surface area contributed by atoms with Crippen LogP contribution in [0.1, 0.15) is 43.0 Å². The Morgan fingerprint density at radius 1 is 1.21 bits per heavy atom. The SMILES string of the molecule is N#C/C(=C\c1cccc(Br)n1)C(=O)N[C@@H](COC(=O)CCCC[C@H]1SC[C@H]2NC(=O)NC21)c1ccccc1. The zero-order valence-electron chi connectivity index (χ0n) is 20.6. The molecule has 198 valence electrons. The van der Waals surface area contributed by atoms with Gasteiger partial charge in [-0.25, -0.2) is 9.78 Å². The van der Waals surface area contributed by atoms with Gasteiger partial charge in [-0.05, 0) is 52.5 Å². The van der Waals surface area contributed by atoms with Crippen molar-refractivity contribution in [1.29, 1.82) is 5.26 Å². The second-order valence-electron chi connectivity index (χ2n) is 9.04. The third kappa shape index (κ3) is 7.58. The number of nitrogens with one attached hydrogen (secondary N) is 3. The standard InChI is InChI=1S/C27H28BrN5O4S/c28-23-11-6-9-19(30-23)13-18(14-29)26(35)31-20(17-7-2-1-3-8-17)15-37-24(34)12-5-4-10-22-25-21(16-38-22)32-27(36)33-25/h1-3,6-9,11,13,20-22,25H,4-5,10,12,15-16H2,(H,31,35)(H2,32,33,36)/b18-13+/t20-,21+,22+,25?/m0/s1. The number of nitrogens with zero attached hydrogens (tertiary/aromatic N) is 2. The molecule has 4 rings (SSSR count). The van der Waals surface area contributed by atoms with Gasteiger partial charge in [0.15, 0.2) is 0 Å². The van der Waals surface area contributed by atoms with Crippen molar-refractivity contribution in [2.75, 3.05) is 12.4 Å². The number of benzene rings is 1. The average Bonchev–Trinajstić information content (AvgIpc) is 3.47. The van der Waals surface area contributed by atoms with Crippen LogP contribution in [0.3, 0.4) is 0 Å². The van der Waals surface area contributed by atoms with Crippen LogP contribution in [-0.4, -0.2) is 52.6 Å². The highest BCUT2D eigenvalue weighted by molar-refractivity contribution is 9.10. The molecule has 1 aromatic heterocycles. The molecule has 2 aromatic rings. The Balaban J connectivity index is 1.28. The molecule has 3 heterocycles. The largest absolute Gasteiger partial charge is 0.463 e. The van der Waals surface area contributed by atoms with Gasteiger partial charge in [0.05, 0.1) is 23.8 Å². The fourth-order valence-electron chi connectivity index (χ4n) is 4.45. The van der Waals surface area contributed by atoms with E-state index in [1.165, 1.54) is 6.08 Å². The summed E-state index contributed by atoms with van der Waals surface area (Å²) in [5, 5.41) is 18.6. The van der Waals surface area contributed by atoms with E-state index in [1.807, 2.05) is 48.2 Å². The van der Waals surface area contributed by atoms with Crippen LogP contribution in [0.5, 0.6) is 0 Å². The number of fused-ring (bicyclic) bond motifs is 1. The fourth-order valence-corrected chi connectivity index (χ4v) is 6.35. The highest BCUT2D eigenvalue weighted by atomic mass is 79.9. The number of thioether (sulfide) groups is 1. The second-order valence-corrected chi connectivity index (χ2v) is 11.1. The molecule has 3 amide bonds. The van der Waals surface area contributed by atoms with Crippen LogP contribution in [0.2, 0.25) is 0 Å².